The number of benzene rings is 1. The third-order valence-corrected chi connectivity index (χ3v) is 4.31. The molecular formula is C17H18N6O. The molecule has 4 rings (SSSR count). The minimum Gasteiger partial charge on any atom is -0.396 e. The molecule has 0 aliphatic heterocycles. The summed E-state index contributed by atoms with van der Waals surface area (Å²) in [4.78, 5) is 4.51. The molecule has 122 valence electrons. The Balaban J connectivity index is 1.90. The lowest BCUT2D eigenvalue weighted by Crippen LogP contribution is -2.07. The van der Waals surface area contributed by atoms with Gasteiger partial charge in [-0.25, -0.2) is 4.98 Å². The lowest BCUT2D eigenvalue weighted by Gasteiger charge is -2.09. The highest BCUT2D eigenvalue weighted by atomic mass is 16.3. The van der Waals surface area contributed by atoms with Crippen molar-refractivity contribution < 1.29 is 5.11 Å². The number of pyridine rings is 1. The van der Waals surface area contributed by atoms with Crippen molar-refractivity contribution in [3.05, 3.63) is 36.7 Å². The maximum absolute atomic E-state index is 9.13. The van der Waals surface area contributed by atoms with Gasteiger partial charge in [-0.05, 0) is 25.5 Å². The highest BCUT2D eigenvalue weighted by Gasteiger charge is 2.14. The summed E-state index contributed by atoms with van der Waals surface area (Å²) in [5, 5.41) is 22.6. The van der Waals surface area contributed by atoms with Gasteiger partial charge in [0.2, 0.25) is 0 Å². The minimum absolute atomic E-state index is 0.0983. The predicted octanol–water partition coefficient (Wildman–Crippen LogP) is 2.50. The maximum Gasteiger partial charge on any atom is 0.152 e. The van der Waals surface area contributed by atoms with Crippen LogP contribution in [0.5, 0.6) is 0 Å². The minimum atomic E-state index is 0.0983. The van der Waals surface area contributed by atoms with Crippen LogP contribution in [0, 0.1) is 0 Å². The number of aliphatic hydroxyl groups is 1. The second-order valence-corrected chi connectivity index (χ2v) is 5.93. The summed E-state index contributed by atoms with van der Waals surface area (Å²) in [5.74, 6) is 0.411. The number of anilines is 1. The van der Waals surface area contributed by atoms with Crippen molar-refractivity contribution in [3.63, 3.8) is 0 Å². The average molecular weight is 322 g/mol. The third kappa shape index (κ3) is 2.30. The van der Waals surface area contributed by atoms with Crippen LogP contribution in [0.25, 0.3) is 33.1 Å². The van der Waals surface area contributed by atoms with E-state index in [0.717, 1.165) is 27.5 Å². The van der Waals surface area contributed by atoms with Gasteiger partial charge < -0.3 is 10.8 Å². The standard InChI is InChI=1S/C17H18N6O/c1-10(5-7-24)23-9-13-12-3-2-11(14-4-6-19-21-14)8-15(12)20-17(18)16(13)22-23/h2-4,6,8-10,24H,5,7H2,1H3,(H2,18,20)(H,19,21). The Labute approximate surface area is 138 Å². The Morgan fingerprint density at radius 3 is 2.92 bits per heavy atom. The van der Waals surface area contributed by atoms with Gasteiger partial charge in [-0.2, -0.15) is 10.2 Å². The summed E-state index contributed by atoms with van der Waals surface area (Å²) >= 11 is 0. The van der Waals surface area contributed by atoms with E-state index in [4.69, 9.17) is 10.8 Å². The third-order valence-electron chi connectivity index (χ3n) is 4.31. The van der Waals surface area contributed by atoms with Gasteiger partial charge in [0, 0.05) is 35.3 Å². The Morgan fingerprint density at radius 1 is 1.29 bits per heavy atom. The largest absolute Gasteiger partial charge is 0.396 e. The second-order valence-electron chi connectivity index (χ2n) is 5.93. The summed E-state index contributed by atoms with van der Waals surface area (Å²) in [7, 11) is 0. The summed E-state index contributed by atoms with van der Waals surface area (Å²) in [6, 6.07) is 8.07. The number of nitrogen functional groups attached to an aromatic ring is 1. The molecule has 0 radical (unpaired) electrons. The number of aliphatic hydroxyl groups excluding tert-OH is 1. The molecule has 0 fully saturated rings. The molecule has 4 aromatic rings. The van der Waals surface area contributed by atoms with Crippen LogP contribution in [0.3, 0.4) is 0 Å². The molecule has 3 aromatic heterocycles. The number of hydrogen-bond acceptors (Lipinski definition) is 5. The maximum atomic E-state index is 9.13. The van der Waals surface area contributed by atoms with Crippen LogP contribution in [0.2, 0.25) is 0 Å². The number of nitrogens with zero attached hydrogens (tertiary/aromatic N) is 4. The van der Waals surface area contributed by atoms with Crippen LogP contribution in [0.4, 0.5) is 5.82 Å². The van der Waals surface area contributed by atoms with Crippen LogP contribution in [0.1, 0.15) is 19.4 Å². The number of nitrogens with two attached hydrogens (primary N) is 1. The van der Waals surface area contributed by atoms with Crippen molar-refractivity contribution >= 4 is 27.6 Å². The zero-order valence-corrected chi connectivity index (χ0v) is 13.3. The Hall–Kier alpha value is -2.93. The molecule has 0 amide bonds. The summed E-state index contributed by atoms with van der Waals surface area (Å²) in [5.41, 5.74) is 9.58. The normalized spacial score (nSPS) is 12.9. The fourth-order valence-corrected chi connectivity index (χ4v) is 2.94. The molecule has 1 atom stereocenters. The van der Waals surface area contributed by atoms with Crippen LogP contribution in [-0.2, 0) is 0 Å². The molecule has 7 heteroatoms. The molecule has 3 heterocycles. The quantitative estimate of drug-likeness (QED) is 0.535. The first-order chi connectivity index (χ1) is 11.7. The topological polar surface area (TPSA) is 106 Å². The summed E-state index contributed by atoms with van der Waals surface area (Å²) in [6.45, 7) is 2.14. The van der Waals surface area contributed by atoms with Crippen molar-refractivity contribution in [2.75, 3.05) is 12.3 Å². The van der Waals surface area contributed by atoms with Crippen LogP contribution >= 0.6 is 0 Å². The van der Waals surface area contributed by atoms with Crippen LogP contribution in [-0.4, -0.2) is 36.7 Å². The highest BCUT2D eigenvalue weighted by molar-refractivity contribution is 6.08. The molecule has 4 N–H and O–H groups in total. The Morgan fingerprint density at radius 2 is 2.17 bits per heavy atom. The van der Waals surface area contributed by atoms with Gasteiger partial charge in [-0.15, -0.1) is 0 Å². The van der Waals surface area contributed by atoms with E-state index in [9.17, 15) is 0 Å². The number of aromatic nitrogens is 5. The van der Waals surface area contributed by atoms with E-state index >= 15 is 0 Å². The first kappa shape index (κ1) is 14.6. The van der Waals surface area contributed by atoms with E-state index in [2.05, 4.69) is 20.3 Å². The smallest absolute Gasteiger partial charge is 0.152 e. The number of rotatable bonds is 4. The highest BCUT2D eigenvalue weighted by Crippen LogP contribution is 2.30. The number of nitrogens with one attached hydrogen (secondary N) is 1. The zero-order chi connectivity index (χ0) is 16.7. The molecular weight excluding hydrogens is 304 g/mol. The van der Waals surface area contributed by atoms with Crippen molar-refractivity contribution in [2.24, 2.45) is 0 Å². The van der Waals surface area contributed by atoms with Gasteiger partial charge >= 0.3 is 0 Å². The molecule has 0 bridgehead atoms. The Kier molecular flexibility index (Phi) is 3.42. The van der Waals surface area contributed by atoms with E-state index in [1.165, 1.54) is 0 Å². The molecule has 0 aliphatic rings. The first-order valence-electron chi connectivity index (χ1n) is 7.86. The number of hydrogen-bond donors (Lipinski definition) is 3. The molecule has 0 spiro atoms. The first-order valence-corrected chi connectivity index (χ1v) is 7.86. The van der Waals surface area contributed by atoms with Gasteiger partial charge in [0.15, 0.2) is 5.82 Å². The fourth-order valence-electron chi connectivity index (χ4n) is 2.94. The van der Waals surface area contributed by atoms with Gasteiger partial charge in [-0.1, -0.05) is 12.1 Å². The Bertz CT molecular complexity index is 1000. The second kappa shape index (κ2) is 5.61. The zero-order valence-electron chi connectivity index (χ0n) is 13.3. The lowest BCUT2D eigenvalue weighted by atomic mass is 10.1. The average Bonchev–Trinajstić information content (AvgIpc) is 3.25. The number of aromatic amines is 1. The van der Waals surface area contributed by atoms with E-state index in [0.29, 0.717) is 17.8 Å². The van der Waals surface area contributed by atoms with Gasteiger partial charge in [0.1, 0.15) is 5.52 Å². The molecule has 0 saturated carbocycles. The van der Waals surface area contributed by atoms with Crippen molar-refractivity contribution in [3.8, 4) is 11.3 Å². The number of H-pyrrole nitrogens is 1. The van der Waals surface area contributed by atoms with Gasteiger partial charge in [-0.3, -0.25) is 9.78 Å². The summed E-state index contributed by atoms with van der Waals surface area (Å²) < 4.78 is 1.85. The SMILES string of the molecule is CC(CCO)n1cc2c(n1)c(N)nc1cc(-c3ccn[nH]3)ccc12. The molecule has 7 nitrogen and oxygen atoms in total. The predicted molar refractivity (Wildman–Crippen MR) is 93.4 cm³/mol. The molecule has 0 saturated heterocycles. The lowest BCUT2D eigenvalue weighted by molar-refractivity contribution is 0.258. The monoisotopic (exact) mass is 322 g/mol. The molecule has 0 aliphatic carbocycles. The van der Waals surface area contributed by atoms with E-state index in [-0.39, 0.29) is 12.6 Å². The van der Waals surface area contributed by atoms with E-state index < -0.39 is 0 Å². The number of fused-ring (bicyclic) bond motifs is 3. The molecule has 1 aromatic carbocycles. The van der Waals surface area contributed by atoms with E-state index in [1.807, 2.05) is 42.1 Å². The molecule has 1 unspecified atom stereocenters. The van der Waals surface area contributed by atoms with Crippen molar-refractivity contribution in [2.45, 2.75) is 19.4 Å². The fraction of sp³-hybridized carbons (Fsp3) is 0.235. The van der Waals surface area contributed by atoms with Gasteiger partial charge in [0.25, 0.3) is 0 Å². The summed E-state index contributed by atoms with van der Waals surface area (Å²) in [6.07, 6.45) is 4.34. The van der Waals surface area contributed by atoms with Gasteiger partial charge in [0.05, 0.1) is 17.3 Å². The van der Waals surface area contributed by atoms with Crippen LogP contribution in [0.15, 0.2) is 36.7 Å². The van der Waals surface area contributed by atoms with Crippen LogP contribution < -0.4 is 5.73 Å². The van der Waals surface area contributed by atoms with Crippen molar-refractivity contribution in [1.29, 1.82) is 0 Å². The van der Waals surface area contributed by atoms with E-state index in [1.54, 1.807) is 6.20 Å². The molecule has 24 heavy (non-hydrogen) atoms. The van der Waals surface area contributed by atoms with Crippen molar-refractivity contribution in [1.82, 2.24) is 25.0 Å².